The molecule has 0 aliphatic heterocycles. The van der Waals surface area contributed by atoms with Gasteiger partial charge in [0, 0.05) is 12.6 Å². The van der Waals surface area contributed by atoms with E-state index in [0.29, 0.717) is 11.6 Å². The molecule has 0 aliphatic rings. The minimum atomic E-state index is -3.15. The van der Waals surface area contributed by atoms with E-state index < -0.39 is 9.84 Å². The van der Waals surface area contributed by atoms with Gasteiger partial charge in [-0.2, -0.15) is 0 Å². The van der Waals surface area contributed by atoms with E-state index in [0.717, 1.165) is 0 Å². The molecule has 84 valence electrons. The Morgan fingerprint density at radius 3 is 2.80 bits per heavy atom. The first kappa shape index (κ1) is 11.9. The lowest BCUT2D eigenvalue weighted by atomic mass is 10.4. The van der Waals surface area contributed by atoms with E-state index in [9.17, 15) is 8.42 Å². The van der Waals surface area contributed by atoms with Crippen LogP contribution in [0.25, 0.3) is 0 Å². The molecule has 0 unspecified atom stereocenters. The number of rotatable bonds is 5. The molecule has 1 rings (SSSR count). The van der Waals surface area contributed by atoms with E-state index in [1.54, 1.807) is 18.2 Å². The fourth-order valence-corrected chi connectivity index (χ4v) is 2.24. The van der Waals surface area contributed by atoms with Crippen LogP contribution in [-0.2, 0) is 15.6 Å². The van der Waals surface area contributed by atoms with Gasteiger partial charge in [-0.3, -0.25) is 0 Å². The zero-order valence-corrected chi connectivity index (χ0v) is 9.33. The smallest absolute Gasteiger partial charge is 0.213 e. The lowest BCUT2D eigenvalue weighted by Gasteiger charge is -2.04. The van der Waals surface area contributed by atoms with E-state index in [4.69, 9.17) is 10.5 Å². The second kappa shape index (κ2) is 5.09. The van der Waals surface area contributed by atoms with Crippen molar-refractivity contribution in [2.75, 3.05) is 19.4 Å². The Bertz CT molecular complexity index is 417. The van der Waals surface area contributed by atoms with Crippen LogP contribution in [0.3, 0.4) is 0 Å². The second-order valence-electron chi connectivity index (χ2n) is 3.05. The van der Waals surface area contributed by atoms with Crippen molar-refractivity contribution in [1.29, 1.82) is 0 Å². The summed E-state index contributed by atoms with van der Waals surface area (Å²) in [5.41, 5.74) is 5.67. The maximum Gasteiger partial charge on any atom is 0.213 e. The van der Waals surface area contributed by atoms with Gasteiger partial charge in [-0.15, -0.1) is 0 Å². The highest BCUT2D eigenvalue weighted by Gasteiger charge is 2.11. The van der Waals surface area contributed by atoms with E-state index in [-0.39, 0.29) is 18.1 Å². The zero-order chi connectivity index (χ0) is 11.3. The molecule has 0 bridgehead atoms. The van der Waals surface area contributed by atoms with Crippen molar-refractivity contribution in [1.82, 2.24) is 4.98 Å². The van der Waals surface area contributed by atoms with Crippen molar-refractivity contribution in [2.24, 2.45) is 5.73 Å². The Morgan fingerprint density at radius 1 is 1.47 bits per heavy atom. The van der Waals surface area contributed by atoms with Crippen molar-refractivity contribution in [3.05, 3.63) is 23.9 Å². The Morgan fingerprint density at radius 2 is 2.20 bits per heavy atom. The molecule has 0 radical (unpaired) electrons. The summed E-state index contributed by atoms with van der Waals surface area (Å²) in [5.74, 6) is 0.295. The Labute approximate surface area is 89.2 Å². The fourth-order valence-electron chi connectivity index (χ4n) is 1.13. The van der Waals surface area contributed by atoms with Gasteiger partial charge in [-0.05, 0) is 6.07 Å². The van der Waals surface area contributed by atoms with Crippen LogP contribution in [0, 0.1) is 0 Å². The van der Waals surface area contributed by atoms with Gasteiger partial charge in [0.2, 0.25) is 5.88 Å². The Kier molecular flexibility index (Phi) is 4.05. The van der Waals surface area contributed by atoms with Gasteiger partial charge in [0.05, 0.1) is 24.3 Å². The molecule has 0 saturated heterocycles. The van der Waals surface area contributed by atoms with Crippen LogP contribution < -0.4 is 10.5 Å². The normalized spacial score (nSPS) is 11.3. The van der Waals surface area contributed by atoms with Gasteiger partial charge in [0.15, 0.2) is 9.84 Å². The number of ether oxygens (including phenoxy) is 1. The van der Waals surface area contributed by atoms with E-state index in [1.165, 1.54) is 7.11 Å². The number of aromatic nitrogens is 1. The minimum Gasteiger partial charge on any atom is -0.481 e. The van der Waals surface area contributed by atoms with Crippen LogP contribution in [0.5, 0.6) is 5.88 Å². The number of nitrogens with zero attached hydrogens (tertiary/aromatic N) is 1. The molecule has 6 heteroatoms. The van der Waals surface area contributed by atoms with Crippen LogP contribution in [0.2, 0.25) is 0 Å². The predicted octanol–water partition coefficient (Wildman–Crippen LogP) is -0.0363. The first-order valence-corrected chi connectivity index (χ1v) is 6.30. The number of hydrogen-bond donors (Lipinski definition) is 1. The second-order valence-corrected chi connectivity index (χ2v) is 5.24. The van der Waals surface area contributed by atoms with Crippen molar-refractivity contribution in [3.8, 4) is 5.88 Å². The van der Waals surface area contributed by atoms with Crippen LogP contribution in [0.1, 0.15) is 5.69 Å². The third kappa shape index (κ3) is 3.85. The monoisotopic (exact) mass is 230 g/mol. The van der Waals surface area contributed by atoms with E-state index in [1.807, 2.05) is 0 Å². The molecule has 5 nitrogen and oxygen atoms in total. The molecule has 0 aliphatic carbocycles. The molecule has 1 aromatic rings. The van der Waals surface area contributed by atoms with Gasteiger partial charge in [0.1, 0.15) is 0 Å². The fraction of sp³-hybridized carbons (Fsp3) is 0.444. The molecular weight excluding hydrogens is 216 g/mol. The summed E-state index contributed by atoms with van der Waals surface area (Å²) < 4.78 is 27.8. The largest absolute Gasteiger partial charge is 0.481 e. The summed E-state index contributed by atoms with van der Waals surface area (Å²) in [6, 6.07) is 5.02. The summed E-state index contributed by atoms with van der Waals surface area (Å²) in [6.45, 7) is 0.131. The summed E-state index contributed by atoms with van der Waals surface area (Å²) >= 11 is 0. The van der Waals surface area contributed by atoms with Crippen molar-refractivity contribution >= 4 is 9.84 Å². The number of hydrogen-bond acceptors (Lipinski definition) is 5. The van der Waals surface area contributed by atoms with Crippen molar-refractivity contribution in [3.63, 3.8) is 0 Å². The Balaban J connectivity index is 2.80. The molecule has 0 aromatic carbocycles. The third-order valence-electron chi connectivity index (χ3n) is 1.79. The number of pyridine rings is 1. The van der Waals surface area contributed by atoms with Crippen LogP contribution >= 0.6 is 0 Å². The number of nitrogens with two attached hydrogens (primary N) is 1. The van der Waals surface area contributed by atoms with Gasteiger partial charge < -0.3 is 10.5 Å². The molecule has 1 aromatic heterocycles. The molecular formula is C9H14N2O3S. The van der Waals surface area contributed by atoms with E-state index in [2.05, 4.69) is 4.98 Å². The molecule has 0 spiro atoms. The van der Waals surface area contributed by atoms with Gasteiger partial charge in [-0.1, -0.05) is 6.07 Å². The summed E-state index contributed by atoms with van der Waals surface area (Å²) in [4.78, 5) is 4.02. The van der Waals surface area contributed by atoms with Crippen LogP contribution in [0.4, 0.5) is 0 Å². The SMILES string of the molecule is COc1cccc(CS(=O)(=O)CCN)n1. The highest BCUT2D eigenvalue weighted by molar-refractivity contribution is 7.90. The molecule has 15 heavy (non-hydrogen) atoms. The molecule has 0 saturated carbocycles. The maximum absolute atomic E-state index is 11.4. The lowest BCUT2D eigenvalue weighted by Crippen LogP contribution is -2.17. The van der Waals surface area contributed by atoms with Gasteiger partial charge in [-0.25, -0.2) is 13.4 Å². The van der Waals surface area contributed by atoms with Crippen LogP contribution in [0.15, 0.2) is 18.2 Å². The number of methoxy groups -OCH3 is 1. The standard InChI is InChI=1S/C9H14N2O3S/c1-14-9-4-2-3-8(11-9)7-15(12,13)6-5-10/h2-4H,5-7,10H2,1H3. The topological polar surface area (TPSA) is 82.3 Å². The predicted molar refractivity (Wildman–Crippen MR) is 57.3 cm³/mol. The summed E-state index contributed by atoms with van der Waals surface area (Å²) in [7, 11) is -1.67. The first-order valence-electron chi connectivity index (χ1n) is 4.48. The van der Waals surface area contributed by atoms with E-state index >= 15 is 0 Å². The van der Waals surface area contributed by atoms with Gasteiger partial charge in [0.25, 0.3) is 0 Å². The average molecular weight is 230 g/mol. The zero-order valence-electron chi connectivity index (χ0n) is 8.51. The Hall–Kier alpha value is -1.14. The summed E-state index contributed by atoms with van der Waals surface area (Å²) in [5, 5.41) is 0. The summed E-state index contributed by atoms with van der Waals surface area (Å²) in [6.07, 6.45) is 0. The average Bonchev–Trinajstić information content (AvgIpc) is 2.17. The molecule has 0 fully saturated rings. The maximum atomic E-state index is 11.4. The minimum absolute atomic E-state index is 0.0219. The highest BCUT2D eigenvalue weighted by Crippen LogP contribution is 2.09. The quantitative estimate of drug-likeness (QED) is 0.767. The lowest BCUT2D eigenvalue weighted by molar-refractivity contribution is 0.396. The molecule has 0 atom stereocenters. The van der Waals surface area contributed by atoms with Crippen LogP contribution in [-0.4, -0.2) is 32.8 Å². The number of sulfone groups is 1. The molecule has 2 N–H and O–H groups in total. The van der Waals surface area contributed by atoms with Gasteiger partial charge >= 0.3 is 0 Å². The molecule has 1 heterocycles. The van der Waals surface area contributed by atoms with Crippen molar-refractivity contribution in [2.45, 2.75) is 5.75 Å². The highest BCUT2D eigenvalue weighted by atomic mass is 32.2. The first-order chi connectivity index (χ1) is 7.07. The third-order valence-corrected chi connectivity index (χ3v) is 3.38. The molecule has 0 amide bonds. The van der Waals surface area contributed by atoms with Crippen molar-refractivity contribution < 1.29 is 13.2 Å².